The first-order chi connectivity index (χ1) is 14.7. The maximum Gasteiger partial charge on any atom is 0.494 e. The number of hydrogen-bond acceptors (Lipinski definition) is 5. The monoisotopic (exact) mass is 462 g/mol. The summed E-state index contributed by atoms with van der Waals surface area (Å²) in [5, 5.41) is 9.41. The molecule has 2 unspecified atom stereocenters. The zero-order chi connectivity index (χ0) is 22.9. The van der Waals surface area contributed by atoms with E-state index in [1.54, 1.807) is 18.2 Å². The molecule has 0 heterocycles. The number of ether oxygens (including phenoxy) is 1. The summed E-state index contributed by atoms with van der Waals surface area (Å²) >= 11 is 0. The molecule has 0 aliphatic carbocycles. The Balaban J connectivity index is 2.02. The Bertz CT molecular complexity index is 866. The van der Waals surface area contributed by atoms with Crippen molar-refractivity contribution in [2.75, 3.05) is 19.8 Å². The molecule has 0 bridgehead atoms. The van der Waals surface area contributed by atoms with Gasteiger partial charge in [0.15, 0.2) is 0 Å². The number of hydrogen-bond donors (Lipinski definition) is 2. The Kier molecular flexibility index (Phi) is 9.37. The van der Waals surface area contributed by atoms with Gasteiger partial charge in [0.05, 0.1) is 24.3 Å². The van der Waals surface area contributed by atoms with Gasteiger partial charge < -0.3 is 15.6 Å². The highest BCUT2D eigenvalue weighted by molar-refractivity contribution is 7.17. The van der Waals surface area contributed by atoms with Gasteiger partial charge in [0.1, 0.15) is 18.2 Å². The third kappa shape index (κ3) is 7.85. The minimum absolute atomic E-state index is 0.000492. The molecule has 0 fully saturated rings. The summed E-state index contributed by atoms with van der Waals surface area (Å²) in [6.07, 6.45) is -3.64. The normalized spacial score (nSPS) is 13.9. The van der Waals surface area contributed by atoms with Crippen molar-refractivity contribution in [3.63, 3.8) is 0 Å². The van der Waals surface area contributed by atoms with Crippen molar-refractivity contribution in [1.29, 1.82) is 0 Å². The standard InChI is InChI=1S/C21H25F4NO4P/c22-18-6-2-1-4-16(18)5-3-11-29-19-8-7-15(12-17(19)21(23,24)25)9-10-20(26,13-27)14-30-31-28/h1-2,4,6-8,12,27,31H,3,5,9-11,13-14,26H2/q+1. The van der Waals surface area contributed by atoms with E-state index in [-0.39, 0.29) is 37.6 Å². The van der Waals surface area contributed by atoms with Crippen LogP contribution in [0.3, 0.4) is 0 Å². The van der Waals surface area contributed by atoms with E-state index in [0.717, 1.165) is 6.07 Å². The second-order valence-electron chi connectivity index (χ2n) is 7.26. The molecule has 2 aromatic rings. The average Bonchev–Trinajstić information content (AvgIpc) is 2.74. The predicted molar refractivity (Wildman–Crippen MR) is 109 cm³/mol. The van der Waals surface area contributed by atoms with E-state index in [0.29, 0.717) is 24.0 Å². The fourth-order valence-corrected chi connectivity index (χ4v) is 3.34. The number of nitrogens with two attached hydrogens (primary N) is 1. The van der Waals surface area contributed by atoms with Crippen molar-refractivity contribution in [3.05, 3.63) is 65.0 Å². The van der Waals surface area contributed by atoms with Crippen LogP contribution in [0.4, 0.5) is 17.6 Å². The molecule has 31 heavy (non-hydrogen) atoms. The van der Waals surface area contributed by atoms with E-state index >= 15 is 0 Å². The molecule has 3 N–H and O–H groups in total. The van der Waals surface area contributed by atoms with Gasteiger partial charge in [-0.15, -0.1) is 4.52 Å². The Morgan fingerprint density at radius 3 is 2.48 bits per heavy atom. The largest absolute Gasteiger partial charge is 0.494 e. The maximum atomic E-state index is 13.6. The molecule has 10 heteroatoms. The molecule has 0 aromatic heterocycles. The highest BCUT2D eigenvalue weighted by Crippen LogP contribution is 2.37. The van der Waals surface area contributed by atoms with Crippen LogP contribution >= 0.6 is 8.69 Å². The van der Waals surface area contributed by atoms with Crippen molar-refractivity contribution in [1.82, 2.24) is 0 Å². The zero-order valence-corrected chi connectivity index (χ0v) is 17.8. The summed E-state index contributed by atoms with van der Waals surface area (Å²) in [6.45, 7) is -0.645. The van der Waals surface area contributed by atoms with E-state index in [1.165, 1.54) is 18.2 Å². The van der Waals surface area contributed by atoms with Crippen LogP contribution in [0.15, 0.2) is 42.5 Å². The van der Waals surface area contributed by atoms with Crippen LogP contribution in [0.1, 0.15) is 29.5 Å². The summed E-state index contributed by atoms with van der Waals surface area (Å²) in [5.41, 5.74) is 4.65. The topological polar surface area (TPSA) is 81.8 Å². The molecule has 2 rings (SSSR count). The highest BCUT2D eigenvalue weighted by atomic mass is 31.1. The van der Waals surface area contributed by atoms with E-state index < -0.39 is 32.6 Å². The van der Waals surface area contributed by atoms with Crippen LogP contribution < -0.4 is 10.5 Å². The number of halogens is 4. The van der Waals surface area contributed by atoms with Crippen molar-refractivity contribution in [2.24, 2.45) is 5.73 Å². The molecule has 2 aromatic carbocycles. The maximum absolute atomic E-state index is 13.6. The van der Waals surface area contributed by atoms with Crippen LogP contribution in [0, 0.1) is 5.82 Å². The van der Waals surface area contributed by atoms with Gasteiger partial charge in [0.2, 0.25) is 0 Å². The smallest absolute Gasteiger partial charge is 0.493 e. The summed E-state index contributed by atoms with van der Waals surface area (Å²) < 4.78 is 74.7. The summed E-state index contributed by atoms with van der Waals surface area (Å²) in [6, 6.07) is 9.94. The fourth-order valence-electron chi connectivity index (χ4n) is 2.99. The summed E-state index contributed by atoms with van der Waals surface area (Å²) in [4.78, 5) is 0. The molecular weight excluding hydrogens is 437 g/mol. The van der Waals surface area contributed by atoms with Crippen molar-refractivity contribution >= 4 is 8.69 Å². The van der Waals surface area contributed by atoms with Crippen molar-refractivity contribution in [3.8, 4) is 5.75 Å². The van der Waals surface area contributed by atoms with Crippen LogP contribution in [-0.4, -0.2) is 30.5 Å². The van der Waals surface area contributed by atoms with Gasteiger partial charge in [-0.05, 0) is 59.6 Å². The second kappa shape index (κ2) is 11.5. The SMILES string of the molecule is NC(CO)(CCc1ccc(OCCCc2ccccc2F)c(C(F)(F)F)c1)CO[PH+]=O. The van der Waals surface area contributed by atoms with Gasteiger partial charge in [0, 0.05) is 0 Å². The predicted octanol–water partition coefficient (Wildman–Crippen LogP) is 4.43. The molecule has 0 aliphatic heterocycles. The zero-order valence-electron chi connectivity index (χ0n) is 16.8. The number of benzene rings is 2. The lowest BCUT2D eigenvalue weighted by atomic mass is 9.93. The van der Waals surface area contributed by atoms with Crippen molar-refractivity contribution < 1.29 is 36.5 Å². The van der Waals surface area contributed by atoms with E-state index in [1.807, 2.05) is 0 Å². The molecule has 0 spiro atoms. The van der Waals surface area contributed by atoms with Gasteiger partial charge in [0.25, 0.3) is 0 Å². The number of alkyl halides is 3. The van der Waals surface area contributed by atoms with Gasteiger partial charge in [-0.2, -0.15) is 13.2 Å². The summed E-state index contributed by atoms with van der Waals surface area (Å²) in [5.74, 6) is -0.662. The third-order valence-electron chi connectivity index (χ3n) is 4.80. The lowest BCUT2D eigenvalue weighted by molar-refractivity contribution is -0.139. The molecule has 170 valence electrons. The van der Waals surface area contributed by atoms with E-state index in [4.69, 9.17) is 15.0 Å². The lowest BCUT2D eigenvalue weighted by Crippen LogP contribution is -2.47. The van der Waals surface area contributed by atoms with E-state index in [9.17, 15) is 27.2 Å². The average molecular weight is 462 g/mol. The van der Waals surface area contributed by atoms with Gasteiger partial charge >= 0.3 is 14.9 Å². The summed E-state index contributed by atoms with van der Waals surface area (Å²) in [7, 11) is -1.04. The Morgan fingerprint density at radius 1 is 1.10 bits per heavy atom. The lowest BCUT2D eigenvalue weighted by Gasteiger charge is -2.24. The Hall–Kier alpha value is -2.06. The first-order valence-corrected chi connectivity index (χ1v) is 10.5. The first-order valence-electron chi connectivity index (χ1n) is 9.63. The first kappa shape index (κ1) is 25.2. The van der Waals surface area contributed by atoms with Crippen LogP contribution in [0.2, 0.25) is 0 Å². The molecule has 0 saturated carbocycles. The quantitative estimate of drug-likeness (QED) is 0.277. The molecule has 0 saturated heterocycles. The van der Waals surface area contributed by atoms with Crippen LogP contribution in [0.5, 0.6) is 5.75 Å². The Morgan fingerprint density at radius 2 is 1.84 bits per heavy atom. The van der Waals surface area contributed by atoms with Crippen molar-refractivity contribution in [2.45, 2.75) is 37.4 Å². The molecule has 0 aliphatic rings. The minimum Gasteiger partial charge on any atom is -0.493 e. The number of rotatable bonds is 12. The van der Waals surface area contributed by atoms with Crippen LogP contribution in [0.25, 0.3) is 0 Å². The van der Waals surface area contributed by atoms with Gasteiger partial charge in [-0.1, -0.05) is 24.3 Å². The van der Waals surface area contributed by atoms with Gasteiger partial charge in [-0.3, -0.25) is 0 Å². The number of aliphatic hydroxyl groups is 1. The second-order valence-corrected chi connectivity index (χ2v) is 7.72. The fraction of sp³-hybridized carbons (Fsp3) is 0.429. The van der Waals surface area contributed by atoms with E-state index in [2.05, 4.69) is 0 Å². The third-order valence-corrected chi connectivity index (χ3v) is 5.06. The Labute approximate surface area is 179 Å². The minimum atomic E-state index is -4.62. The molecule has 0 amide bonds. The number of aliphatic hydroxyl groups excluding tert-OH is 1. The molecule has 2 atom stereocenters. The van der Waals surface area contributed by atoms with Crippen LogP contribution in [-0.2, 0) is 28.1 Å². The molecular formula is C21H25F4NO4P+. The highest BCUT2D eigenvalue weighted by Gasteiger charge is 2.35. The molecule has 5 nitrogen and oxygen atoms in total. The van der Waals surface area contributed by atoms with Gasteiger partial charge in [-0.25, -0.2) is 4.39 Å². The molecule has 0 radical (unpaired) electrons. The number of aryl methyl sites for hydroxylation is 2.